The second-order valence-corrected chi connectivity index (χ2v) is 6.83. The molecule has 2 heterocycles. The van der Waals surface area contributed by atoms with Crippen molar-refractivity contribution < 1.29 is 13.9 Å². The molecule has 0 radical (unpaired) electrons. The molecule has 0 unspecified atom stereocenters. The zero-order valence-electron chi connectivity index (χ0n) is 14.7. The number of nitrogens with zero attached hydrogens (tertiary/aromatic N) is 2. The first-order valence-corrected chi connectivity index (χ1v) is 9.13. The summed E-state index contributed by atoms with van der Waals surface area (Å²) in [7, 11) is 1.68. The Labute approximate surface area is 144 Å². The van der Waals surface area contributed by atoms with E-state index in [0.29, 0.717) is 19.4 Å². The van der Waals surface area contributed by atoms with Crippen molar-refractivity contribution in [3.8, 4) is 11.5 Å². The van der Waals surface area contributed by atoms with E-state index in [9.17, 15) is 4.39 Å². The highest BCUT2D eigenvalue weighted by Gasteiger charge is 2.19. The summed E-state index contributed by atoms with van der Waals surface area (Å²) in [5.41, 5.74) is 1.19. The molecule has 1 aromatic carbocycles. The maximum absolute atomic E-state index is 13.2. The van der Waals surface area contributed by atoms with Crippen LogP contribution in [0.2, 0.25) is 0 Å². The largest absolute Gasteiger partial charge is 0.493 e. The van der Waals surface area contributed by atoms with Crippen molar-refractivity contribution in [2.24, 2.45) is 0 Å². The first-order chi connectivity index (χ1) is 11.7. The lowest BCUT2D eigenvalue weighted by atomic mass is 10.1. The van der Waals surface area contributed by atoms with E-state index in [1.165, 1.54) is 31.5 Å². The lowest BCUT2D eigenvalue weighted by Crippen LogP contribution is -2.33. The van der Waals surface area contributed by atoms with E-state index in [0.717, 1.165) is 37.7 Å². The summed E-state index contributed by atoms with van der Waals surface area (Å²) in [6.07, 6.45) is 3.28. The van der Waals surface area contributed by atoms with E-state index in [1.807, 2.05) is 12.1 Å². The number of hydrogen-bond acceptors (Lipinski definition) is 4. The molecule has 2 saturated heterocycles. The molecule has 0 atom stereocenters. The molecule has 5 heteroatoms. The standard InChI is InChI=1S/C19H29FN2O2/c1-23-19-14-16(15-22-10-6-17(20)7-11-22)4-5-18(19)24-13-12-21-8-2-3-9-21/h4-5,14,17H,2-3,6-13,15H2,1H3. The van der Waals surface area contributed by atoms with Gasteiger partial charge in [0.2, 0.25) is 0 Å². The lowest BCUT2D eigenvalue weighted by Gasteiger charge is -2.28. The van der Waals surface area contributed by atoms with Crippen LogP contribution in [0.1, 0.15) is 31.2 Å². The Bertz CT molecular complexity index is 512. The quantitative estimate of drug-likeness (QED) is 0.764. The van der Waals surface area contributed by atoms with Crippen LogP contribution in [0.4, 0.5) is 4.39 Å². The zero-order valence-corrected chi connectivity index (χ0v) is 14.7. The number of halogens is 1. The van der Waals surface area contributed by atoms with E-state index >= 15 is 0 Å². The van der Waals surface area contributed by atoms with Crippen molar-refractivity contribution in [2.45, 2.75) is 38.4 Å². The minimum atomic E-state index is -0.623. The van der Waals surface area contributed by atoms with Crippen molar-refractivity contribution in [3.05, 3.63) is 23.8 Å². The summed E-state index contributed by atoms with van der Waals surface area (Å²) in [5.74, 6) is 1.59. The first-order valence-electron chi connectivity index (χ1n) is 9.13. The summed E-state index contributed by atoms with van der Waals surface area (Å²) in [5, 5.41) is 0. The number of ether oxygens (including phenoxy) is 2. The highest BCUT2D eigenvalue weighted by Crippen LogP contribution is 2.29. The van der Waals surface area contributed by atoms with Crippen molar-refractivity contribution in [3.63, 3.8) is 0 Å². The Hall–Kier alpha value is -1.33. The number of hydrogen-bond donors (Lipinski definition) is 0. The van der Waals surface area contributed by atoms with Crippen LogP contribution < -0.4 is 9.47 Å². The fraction of sp³-hybridized carbons (Fsp3) is 0.684. The number of benzene rings is 1. The molecule has 2 aliphatic rings. The molecule has 4 nitrogen and oxygen atoms in total. The van der Waals surface area contributed by atoms with Crippen molar-refractivity contribution >= 4 is 0 Å². The molecule has 0 spiro atoms. The topological polar surface area (TPSA) is 24.9 Å². The Morgan fingerprint density at radius 1 is 1.04 bits per heavy atom. The van der Waals surface area contributed by atoms with Gasteiger partial charge in [0.25, 0.3) is 0 Å². The average molecular weight is 336 g/mol. The van der Waals surface area contributed by atoms with E-state index < -0.39 is 6.17 Å². The molecule has 0 bridgehead atoms. The lowest BCUT2D eigenvalue weighted by molar-refractivity contribution is 0.145. The van der Waals surface area contributed by atoms with E-state index in [1.54, 1.807) is 7.11 Å². The number of likely N-dealkylation sites (tertiary alicyclic amines) is 2. The third-order valence-corrected chi connectivity index (χ3v) is 5.02. The Morgan fingerprint density at radius 3 is 2.50 bits per heavy atom. The molecule has 0 aliphatic carbocycles. The Balaban J connectivity index is 1.52. The van der Waals surface area contributed by atoms with Crippen LogP contribution in [0.5, 0.6) is 11.5 Å². The fourth-order valence-electron chi connectivity index (χ4n) is 3.54. The van der Waals surface area contributed by atoms with Crippen LogP contribution in [-0.4, -0.2) is 62.4 Å². The molecule has 0 N–H and O–H groups in total. The highest BCUT2D eigenvalue weighted by atomic mass is 19.1. The monoisotopic (exact) mass is 336 g/mol. The summed E-state index contributed by atoms with van der Waals surface area (Å²) < 4.78 is 24.6. The second kappa shape index (κ2) is 8.67. The van der Waals surface area contributed by atoms with Gasteiger partial charge in [0.1, 0.15) is 12.8 Å². The van der Waals surface area contributed by atoms with Gasteiger partial charge in [0.15, 0.2) is 11.5 Å². The summed E-state index contributed by atoms with van der Waals surface area (Å²) in [4.78, 5) is 4.74. The van der Waals surface area contributed by atoms with Gasteiger partial charge in [-0.25, -0.2) is 4.39 Å². The van der Waals surface area contributed by atoms with Crippen LogP contribution in [0.25, 0.3) is 0 Å². The van der Waals surface area contributed by atoms with E-state index in [-0.39, 0.29) is 0 Å². The summed E-state index contributed by atoms with van der Waals surface area (Å²) in [6, 6.07) is 6.14. The van der Waals surface area contributed by atoms with Gasteiger partial charge < -0.3 is 9.47 Å². The number of alkyl halides is 1. The van der Waals surface area contributed by atoms with Gasteiger partial charge in [-0.1, -0.05) is 6.07 Å². The number of piperidine rings is 1. The molecule has 0 amide bonds. The Morgan fingerprint density at radius 2 is 1.79 bits per heavy atom. The zero-order chi connectivity index (χ0) is 16.8. The van der Waals surface area contributed by atoms with Crippen molar-refractivity contribution in [1.82, 2.24) is 9.80 Å². The Kier molecular flexibility index (Phi) is 6.32. The van der Waals surface area contributed by atoms with E-state index in [2.05, 4.69) is 15.9 Å². The van der Waals surface area contributed by atoms with Crippen LogP contribution in [0.15, 0.2) is 18.2 Å². The molecule has 2 fully saturated rings. The van der Waals surface area contributed by atoms with Crippen molar-refractivity contribution in [2.75, 3.05) is 46.4 Å². The average Bonchev–Trinajstić information content (AvgIpc) is 3.11. The minimum Gasteiger partial charge on any atom is -0.493 e. The van der Waals surface area contributed by atoms with Gasteiger partial charge in [0.05, 0.1) is 7.11 Å². The second-order valence-electron chi connectivity index (χ2n) is 6.83. The molecule has 134 valence electrons. The minimum absolute atomic E-state index is 0.623. The first kappa shape index (κ1) is 17.5. The van der Waals surface area contributed by atoms with Crippen LogP contribution in [0.3, 0.4) is 0 Å². The van der Waals surface area contributed by atoms with Crippen LogP contribution in [0, 0.1) is 0 Å². The van der Waals surface area contributed by atoms with Gasteiger partial charge >= 0.3 is 0 Å². The van der Waals surface area contributed by atoms with Gasteiger partial charge in [-0.3, -0.25) is 9.80 Å². The third kappa shape index (κ3) is 4.84. The van der Waals surface area contributed by atoms with E-state index in [4.69, 9.17) is 9.47 Å². The molecule has 24 heavy (non-hydrogen) atoms. The predicted octanol–water partition coefficient (Wildman–Crippen LogP) is 3.10. The maximum Gasteiger partial charge on any atom is 0.161 e. The van der Waals surface area contributed by atoms with Crippen LogP contribution >= 0.6 is 0 Å². The predicted molar refractivity (Wildman–Crippen MR) is 93.6 cm³/mol. The number of rotatable bonds is 7. The molecule has 0 aromatic heterocycles. The summed E-state index contributed by atoms with van der Waals surface area (Å²) in [6.45, 7) is 6.55. The van der Waals surface area contributed by atoms with Crippen LogP contribution in [-0.2, 0) is 6.54 Å². The maximum atomic E-state index is 13.2. The highest BCUT2D eigenvalue weighted by molar-refractivity contribution is 5.43. The normalized spacial score (nSPS) is 20.4. The van der Waals surface area contributed by atoms with Gasteiger partial charge in [0, 0.05) is 26.2 Å². The van der Waals surface area contributed by atoms with Gasteiger partial charge in [-0.2, -0.15) is 0 Å². The van der Waals surface area contributed by atoms with Gasteiger partial charge in [-0.05, 0) is 56.5 Å². The smallest absolute Gasteiger partial charge is 0.161 e. The van der Waals surface area contributed by atoms with Gasteiger partial charge in [-0.15, -0.1) is 0 Å². The number of methoxy groups -OCH3 is 1. The molecule has 0 saturated carbocycles. The van der Waals surface area contributed by atoms with Crippen molar-refractivity contribution in [1.29, 1.82) is 0 Å². The SMILES string of the molecule is COc1cc(CN2CCC(F)CC2)ccc1OCCN1CCCC1. The molecule has 2 aliphatic heterocycles. The summed E-state index contributed by atoms with van der Waals surface area (Å²) >= 11 is 0. The molecule has 1 aromatic rings. The molecule has 3 rings (SSSR count). The third-order valence-electron chi connectivity index (χ3n) is 5.02. The molecular weight excluding hydrogens is 307 g/mol. The fourth-order valence-corrected chi connectivity index (χ4v) is 3.54. The molecular formula is C19H29FN2O2.